The molecule has 0 bridgehead atoms. The zero-order valence-electron chi connectivity index (χ0n) is 33.5. The average Bonchev–Trinajstić information content (AvgIpc) is 3.80. The van der Waals surface area contributed by atoms with E-state index in [1.54, 1.807) is 0 Å². The van der Waals surface area contributed by atoms with Crippen molar-refractivity contribution in [2.45, 2.75) is 5.41 Å². The second kappa shape index (κ2) is 14.1. The minimum atomic E-state index is -0.548. The first kappa shape index (κ1) is 35.0. The van der Waals surface area contributed by atoms with E-state index in [0.717, 1.165) is 28.4 Å². The van der Waals surface area contributed by atoms with Crippen molar-refractivity contribution in [1.82, 2.24) is 0 Å². The van der Waals surface area contributed by atoms with Crippen LogP contribution in [0.3, 0.4) is 0 Å². The Hall–Kier alpha value is -7.94. The first-order valence-corrected chi connectivity index (χ1v) is 21.1. The molecule has 10 aromatic carbocycles. The minimum Gasteiger partial charge on any atom is -0.310 e. The van der Waals surface area contributed by atoms with E-state index in [-0.39, 0.29) is 0 Å². The molecule has 0 fully saturated rings. The monoisotopic (exact) mass is 776 g/mol. The molecule has 1 unspecified atom stereocenters. The molecule has 12 rings (SSSR count). The molecule has 2 aliphatic rings. The fraction of sp³-hybridized carbons (Fsp3) is 0.0169. The van der Waals surface area contributed by atoms with Gasteiger partial charge in [0.2, 0.25) is 0 Å². The molecule has 0 radical (unpaired) electrons. The van der Waals surface area contributed by atoms with Gasteiger partial charge in [0.05, 0.1) is 16.8 Å². The van der Waals surface area contributed by atoms with Crippen molar-refractivity contribution in [1.29, 1.82) is 0 Å². The van der Waals surface area contributed by atoms with Crippen molar-refractivity contribution in [2.24, 2.45) is 0 Å². The third-order valence-corrected chi connectivity index (χ3v) is 12.8. The standard InChI is InChI=1S/C59H40N2/c1-5-21-41(22-6-1)47-30-17-20-36-56(47)60(43-24-7-2-8-25-43)46-37-38-54-51(40-46)49-32-15-18-34-52(49)59(54)53-35-19-16-33-50(53)57-55(59)39-42-23-13-14-31-48(42)58(57)61(44-26-9-3-10-27-44)45-28-11-4-12-29-45/h1-40H. The van der Waals surface area contributed by atoms with Crippen LogP contribution in [-0.4, -0.2) is 0 Å². The number of benzene rings is 10. The van der Waals surface area contributed by atoms with Gasteiger partial charge < -0.3 is 9.80 Å². The topological polar surface area (TPSA) is 6.48 Å². The first-order valence-electron chi connectivity index (χ1n) is 21.1. The summed E-state index contributed by atoms with van der Waals surface area (Å²) in [7, 11) is 0. The zero-order chi connectivity index (χ0) is 40.3. The van der Waals surface area contributed by atoms with Crippen LogP contribution < -0.4 is 9.80 Å². The molecule has 286 valence electrons. The van der Waals surface area contributed by atoms with E-state index < -0.39 is 5.41 Å². The van der Waals surface area contributed by atoms with E-state index in [9.17, 15) is 0 Å². The molecule has 0 saturated carbocycles. The van der Waals surface area contributed by atoms with Crippen LogP contribution in [0.25, 0.3) is 44.2 Å². The van der Waals surface area contributed by atoms with Crippen LogP contribution in [0.4, 0.5) is 34.1 Å². The predicted octanol–water partition coefficient (Wildman–Crippen LogP) is 15.8. The second-order valence-corrected chi connectivity index (χ2v) is 16.0. The highest BCUT2D eigenvalue weighted by molar-refractivity contribution is 6.12. The van der Waals surface area contributed by atoms with Crippen molar-refractivity contribution in [2.75, 3.05) is 9.80 Å². The summed E-state index contributed by atoms with van der Waals surface area (Å²) >= 11 is 0. The van der Waals surface area contributed by atoms with Gasteiger partial charge in [0.15, 0.2) is 0 Å². The molecule has 61 heavy (non-hydrogen) atoms. The van der Waals surface area contributed by atoms with Crippen molar-refractivity contribution < 1.29 is 0 Å². The van der Waals surface area contributed by atoms with E-state index in [1.807, 2.05) is 0 Å². The lowest BCUT2D eigenvalue weighted by Gasteiger charge is -2.33. The van der Waals surface area contributed by atoms with E-state index in [1.165, 1.54) is 72.1 Å². The average molecular weight is 777 g/mol. The van der Waals surface area contributed by atoms with Crippen molar-refractivity contribution in [3.63, 3.8) is 0 Å². The van der Waals surface area contributed by atoms with Gasteiger partial charge in [-0.1, -0.05) is 182 Å². The fourth-order valence-corrected chi connectivity index (χ4v) is 10.4. The largest absolute Gasteiger partial charge is 0.310 e. The van der Waals surface area contributed by atoms with Crippen LogP contribution in [0, 0.1) is 0 Å². The summed E-state index contributed by atoms with van der Waals surface area (Å²) in [6.45, 7) is 0. The number of fused-ring (bicyclic) bond motifs is 11. The highest BCUT2D eigenvalue weighted by Crippen LogP contribution is 2.66. The fourth-order valence-electron chi connectivity index (χ4n) is 10.4. The number of rotatable bonds is 7. The van der Waals surface area contributed by atoms with Gasteiger partial charge in [-0.15, -0.1) is 0 Å². The summed E-state index contributed by atoms with van der Waals surface area (Å²) in [5, 5.41) is 2.44. The lowest BCUT2D eigenvalue weighted by molar-refractivity contribution is 0.795. The Morgan fingerprint density at radius 1 is 0.295 bits per heavy atom. The van der Waals surface area contributed by atoms with Crippen molar-refractivity contribution in [3.8, 4) is 33.4 Å². The highest BCUT2D eigenvalue weighted by Gasteiger charge is 2.53. The number of anilines is 6. The number of hydrogen-bond donors (Lipinski definition) is 0. The van der Waals surface area contributed by atoms with Crippen molar-refractivity contribution >= 4 is 44.9 Å². The van der Waals surface area contributed by atoms with E-state index in [0.29, 0.717) is 0 Å². The molecular weight excluding hydrogens is 737 g/mol. The number of hydrogen-bond acceptors (Lipinski definition) is 2. The summed E-state index contributed by atoms with van der Waals surface area (Å²) in [4.78, 5) is 4.90. The molecule has 1 atom stereocenters. The maximum absolute atomic E-state index is 2.49. The van der Waals surface area contributed by atoms with Gasteiger partial charge in [0.25, 0.3) is 0 Å². The Morgan fingerprint density at radius 3 is 1.46 bits per heavy atom. The van der Waals surface area contributed by atoms with Gasteiger partial charge in [0, 0.05) is 39.3 Å². The Morgan fingerprint density at radius 2 is 0.787 bits per heavy atom. The smallest absolute Gasteiger partial charge is 0.0726 e. The molecule has 0 aliphatic heterocycles. The summed E-state index contributed by atoms with van der Waals surface area (Å²) < 4.78 is 0. The molecular formula is C59H40N2. The van der Waals surface area contributed by atoms with E-state index in [2.05, 4.69) is 252 Å². The molecule has 2 nitrogen and oxygen atoms in total. The van der Waals surface area contributed by atoms with Crippen LogP contribution in [0.15, 0.2) is 243 Å². The summed E-state index contributed by atoms with van der Waals surface area (Å²) in [6.07, 6.45) is 0. The van der Waals surface area contributed by atoms with Gasteiger partial charge in [-0.2, -0.15) is 0 Å². The Labute approximate surface area is 356 Å². The van der Waals surface area contributed by atoms with Crippen LogP contribution in [0.2, 0.25) is 0 Å². The second-order valence-electron chi connectivity index (χ2n) is 16.0. The van der Waals surface area contributed by atoms with Gasteiger partial charge >= 0.3 is 0 Å². The van der Waals surface area contributed by atoms with E-state index in [4.69, 9.17) is 0 Å². The van der Waals surface area contributed by atoms with Crippen LogP contribution in [0.5, 0.6) is 0 Å². The Kier molecular flexibility index (Phi) is 8.11. The van der Waals surface area contributed by atoms with Crippen LogP contribution in [-0.2, 0) is 5.41 Å². The molecule has 0 amide bonds. The number of nitrogens with zero attached hydrogens (tertiary/aromatic N) is 2. The molecule has 0 heterocycles. The maximum Gasteiger partial charge on any atom is 0.0726 e. The highest BCUT2D eigenvalue weighted by atomic mass is 15.2. The van der Waals surface area contributed by atoms with Gasteiger partial charge in [-0.25, -0.2) is 0 Å². The molecule has 10 aromatic rings. The third kappa shape index (κ3) is 5.29. The Bertz CT molecular complexity index is 3210. The van der Waals surface area contributed by atoms with Crippen LogP contribution in [0.1, 0.15) is 22.3 Å². The maximum atomic E-state index is 2.49. The molecule has 0 aromatic heterocycles. The molecule has 1 spiro atoms. The lowest BCUT2D eigenvalue weighted by Crippen LogP contribution is -2.26. The summed E-state index contributed by atoms with van der Waals surface area (Å²) in [6, 6.07) is 89.0. The molecule has 0 N–H and O–H groups in total. The molecule has 0 saturated heterocycles. The van der Waals surface area contributed by atoms with Crippen molar-refractivity contribution in [3.05, 3.63) is 265 Å². The summed E-state index contributed by atoms with van der Waals surface area (Å²) in [5.41, 5.74) is 19.0. The SMILES string of the molecule is c1ccc(-c2ccccc2N(c2ccccc2)c2ccc3c(c2)-c2ccccc2C32c3ccccc3-c3c2cc2ccccc2c3N(c2ccccc2)c2ccccc2)cc1. The normalized spacial score (nSPS) is 14.3. The Balaban J connectivity index is 1.15. The minimum absolute atomic E-state index is 0.548. The molecule has 2 heteroatoms. The summed E-state index contributed by atoms with van der Waals surface area (Å²) in [5.74, 6) is 0. The predicted molar refractivity (Wildman–Crippen MR) is 255 cm³/mol. The number of para-hydroxylation sites is 4. The van der Waals surface area contributed by atoms with Gasteiger partial charge in [-0.3, -0.25) is 0 Å². The first-order chi connectivity index (χ1) is 30.3. The van der Waals surface area contributed by atoms with Gasteiger partial charge in [0.1, 0.15) is 0 Å². The molecule has 2 aliphatic carbocycles. The lowest BCUT2D eigenvalue weighted by atomic mass is 9.70. The third-order valence-electron chi connectivity index (χ3n) is 12.8. The van der Waals surface area contributed by atoms with Crippen LogP contribution >= 0.6 is 0 Å². The van der Waals surface area contributed by atoms with Gasteiger partial charge in [-0.05, 0) is 111 Å². The van der Waals surface area contributed by atoms with E-state index >= 15 is 0 Å². The zero-order valence-corrected chi connectivity index (χ0v) is 33.5. The quantitative estimate of drug-likeness (QED) is 0.159.